The number of piperidine rings is 1. The average molecular weight is 252 g/mol. The maximum atomic E-state index is 5.80. The van der Waals surface area contributed by atoms with E-state index in [9.17, 15) is 0 Å². The Morgan fingerprint density at radius 1 is 1.00 bits per heavy atom. The Morgan fingerprint density at radius 3 is 2.67 bits per heavy atom. The summed E-state index contributed by atoms with van der Waals surface area (Å²) in [6.07, 6.45) is 14.1. The van der Waals surface area contributed by atoms with Gasteiger partial charge in [0.2, 0.25) is 0 Å². The molecule has 2 aliphatic rings. The van der Waals surface area contributed by atoms with Crippen LogP contribution in [-0.4, -0.2) is 30.1 Å². The van der Waals surface area contributed by atoms with Crippen LogP contribution in [0.25, 0.3) is 0 Å². The first-order valence-corrected chi connectivity index (χ1v) is 8.31. The lowest BCUT2D eigenvalue weighted by Crippen LogP contribution is -2.46. The largest absolute Gasteiger partial charge is 0.330 e. The van der Waals surface area contributed by atoms with E-state index < -0.39 is 0 Å². The summed E-state index contributed by atoms with van der Waals surface area (Å²) >= 11 is 0. The van der Waals surface area contributed by atoms with E-state index in [1.165, 1.54) is 70.8 Å². The van der Waals surface area contributed by atoms with E-state index in [0.29, 0.717) is 0 Å². The quantitative estimate of drug-likeness (QED) is 0.775. The molecule has 2 fully saturated rings. The molecule has 2 N–H and O–H groups in total. The lowest BCUT2D eigenvalue weighted by Gasteiger charge is -2.41. The van der Waals surface area contributed by atoms with E-state index in [-0.39, 0.29) is 0 Å². The molecule has 106 valence electrons. The van der Waals surface area contributed by atoms with Crippen molar-refractivity contribution in [2.75, 3.05) is 13.1 Å². The van der Waals surface area contributed by atoms with Crippen LogP contribution >= 0.6 is 0 Å². The van der Waals surface area contributed by atoms with Crippen LogP contribution in [0.3, 0.4) is 0 Å². The van der Waals surface area contributed by atoms with Crippen LogP contribution in [0, 0.1) is 5.92 Å². The predicted molar refractivity (Wildman–Crippen MR) is 78.7 cm³/mol. The van der Waals surface area contributed by atoms with Gasteiger partial charge in [-0.2, -0.15) is 0 Å². The molecule has 0 spiro atoms. The molecule has 0 amide bonds. The lowest BCUT2D eigenvalue weighted by molar-refractivity contribution is 0.0806. The van der Waals surface area contributed by atoms with Crippen LogP contribution in [0.1, 0.15) is 71.1 Å². The highest BCUT2D eigenvalue weighted by atomic mass is 15.2. The van der Waals surface area contributed by atoms with Gasteiger partial charge in [-0.05, 0) is 57.5 Å². The van der Waals surface area contributed by atoms with E-state index in [2.05, 4.69) is 11.8 Å². The van der Waals surface area contributed by atoms with Crippen molar-refractivity contribution in [1.82, 2.24) is 4.90 Å². The molecular weight excluding hydrogens is 220 g/mol. The fourth-order valence-corrected chi connectivity index (χ4v) is 4.10. The fourth-order valence-electron chi connectivity index (χ4n) is 4.10. The second-order valence-corrected chi connectivity index (χ2v) is 6.40. The average Bonchev–Trinajstić information content (AvgIpc) is 2.65. The molecule has 3 atom stereocenters. The molecule has 0 bridgehead atoms. The Balaban J connectivity index is 1.91. The van der Waals surface area contributed by atoms with Crippen molar-refractivity contribution in [2.45, 2.75) is 83.2 Å². The summed E-state index contributed by atoms with van der Waals surface area (Å²) < 4.78 is 0. The van der Waals surface area contributed by atoms with E-state index in [0.717, 1.165) is 24.5 Å². The van der Waals surface area contributed by atoms with Crippen molar-refractivity contribution in [3.8, 4) is 0 Å². The molecule has 2 heteroatoms. The molecule has 0 radical (unpaired) electrons. The molecule has 0 aromatic rings. The van der Waals surface area contributed by atoms with Crippen molar-refractivity contribution in [3.05, 3.63) is 0 Å². The van der Waals surface area contributed by atoms with Gasteiger partial charge >= 0.3 is 0 Å². The molecule has 1 aliphatic carbocycles. The molecular formula is C16H32N2. The van der Waals surface area contributed by atoms with Gasteiger partial charge in [-0.1, -0.05) is 32.6 Å². The van der Waals surface area contributed by atoms with E-state index >= 15 is 0 Å². The normalized spacial score (nSPS) is 35.3. The molecule has 2 rings (SSSR count). The summed E-state index contributed by atoms with van der Waals surface area (Å²) in [7, 11) is 0. The van der Waals surface area contributed by atoms with Crippen LogP contribution in [-0.2, 0) is 0 Å². The van der Waals surface area contributed by atoms with E-state index in [4.69, 9.17) is 5.73 Å². The summed E-state index contributed by atoms with van der Waals surface area (Å²) in [6.45, 7) is 4.57. The Labute approximate surface area is 113 Å². The Bertz CT molecular complexity index is 227. The predicted octanol–water partition coefficient (Wildman–Crippen LogP) is 3.55. The Hall–Kier alpha value is -0.0800. The van der Waals surface area contributed by atoms with Crippen LogP contribution in [0.15, 0.2) is 0 Å². The zero-order chi connectivity index (χ0) is 12.8. The van der Waals surface area contributed by atoms with Crippen molar-refractivity contribution in [3.63, 3.8) is 0 Å². The molecule has 0 aromatic carbocycles. The summed E-state index contributed by atoms with van der Waals surface area (Å²) in [5, 5.41) is 0. The summed E-state index contributed by atoms with van der Waals surface area (Å²) in [5.74, 6) is 1.01. The second-order valence-electron chi connectivity index (χ2n) is 6.40. The molecule has 1 heterocycles. The molecule has 0 aromatic heterocycles. The minimum atomic E-state index is 0.798. The SMILES string of the molecule is CCC1CCCC(N2CCCCC2CCN)CC1. The van der Waals surface area contributed by atoms with Crippen molar-refractivity contribution in [1.29, 1.82) is 0 Å². The van der Waals surface area contributed by atoms with Crippen molar-refractivity contribution >= 4 is 0 Å². The summed E-state index contributed by atoms with van der Waals surface area (Å²) in [6, 6.07) is 1.67. The molecule has 1 saturated heterocycles. The third kappa shape index (κ3) is 3.71. The van der Waals surface area contributed by atoms with Gasteiger partial charge in [0.05, 0.1) is 0 Å². The van der Waals surface area contributed by atoms with Crippen molar-refractivity contribution < 1.29 is 0 Å². The molecule has 2 nitrogen and oxygen atoms in total. The Kier molecular flexibility index (Phi) is 5.97. The van der Waals surface area contributed by atoms with Gasteiger partial charge in [-0.3, -0.25) is 4.90 Å². The standard InChI is InChI=1S/C16H32N2/c1-2-14-6-5-8-15(10-9-14)18-13-4-3-7-16(18)11-12-17/h14-16H,2-13,17H2,1H3. The number of hydrogen-bond donors (Lipinski definition) is 1. The monoisotopic (exact) mass is 252 g/mol. The third-order valence-corrected chi connectivity index (χ3v) is 5.28. The minimum Gasteiger partial charge on any atom is -0.330 e. The van der Waals surface area contributed by atoms with Crippen LogP contribution < -0.4 is 5.73 Å². The Morgan fingerprint density at radius 2 is 1.89 bits per heavy atom. The second kappa shape index (κ2) is 7.49. The maximum Gasteiger partial charge on any atom is 0.0110 e. The minimum absolute atomic E-state index is 0.798. The highest BCUT2D eigenvalue weighted by molar-refractivity contribution is 4.85. The van der Waals surface area contributed by atoms with Gasteiger partial charge < -0.3 is 5.73 Å². The van der Waals surface area contributed by atoms with Gasteiger partial charge in [-0.25, -0.2) is 0 Å². The van der Waals surface area contributed by atoms with Gasteiger partial charge in [0.25, 0.3) is 0 Å². The fraction of sp³-hybridized carbons (Fsp3) is 1.00. The number of likely N-dealkylation sites (tertiary alicyclic amines) is 1. The molecule has 3 unspecified atom stereocenters. The first-order valence-electron chi connectivity index (χ1n) is 8.31. The van der Waals surface area contributed by atoms with E-state index in [1.54, 1.807) is 0 Å². The number of hydrogen-bond acceptors (Lipinski definition) is 2. The lowest BCUT2D eigenvalue weighted by atomic mass is 9.94. The van der Waals surface area contributed by atoms with Crippen molar-refractivity contribution in [2.24, 2.45) is 11.7 Å². The van der Waals surface area contributed by atoms with E-state index in [1.807, 2.05) is 0 Å². The first-order chi connectivity index (χ1) is 8.85. The third-order valence-electron chi connectivity index (χ3n) is 5.28. The highest BCUT2D eigenvalue weighted by Crippen LogP contribution is 2.32. The summed E-state index contributed by atoms with van der Waals surface area (Å²) in [5.41, 5.74) is 5.80. The van der Waals surface area contributed by atoms with Crippen LogP contribution in [0.5, 0.6) is 0 Å². The van der Waals surface area contributed by atoms with Gasteiger partial charge in [0, 0.05) is 12.1 Å². The van der Waals surface area contributed by atoms with Gasteiger partial charge in [0.15, 0.2) is 0 Å². The first kappa shape index (κ1) is 14.3. The smallest absolute Gasteiger partial charge is 0.0110 e. The zero-order valence-corrected chi connectivity index (χ0v) is 12.2. The zero-order valence-electron chi connectivity index (χ0n) is 12.2. The molecule has 18 heavy (non-hydrogen) atoms. The number of nitrogens with two attached hydrogens (primary N) is 1. The van der Waals surface area contributed by atoms with Crippen LogP contribution in [0.2, 0.25) is 0 Å². The highest BCUT2D eigenvalue weighted by Gasteiger charge is 2.29. The number of nitrogens with zero attached hydrogens (tertiary/aromatic N) is 1. The number of rotatable bonds is 4. The maximum absolute atomic E-state index is 5.80. The molecule has 1 aliphatic heterocycles. The topological polar surface area (TPSA) is 29.3 Å². The molecule has 1 saturated carbocycles. The van der Waals surface area contributed by atoms with Gasteiger partial charge in [-0.15, -0.1) is 0 Å². The van der Waals surface area contributed by atoms with Crippen LogP contribution in [0.4, 0.5) is 0 Å². The summed E-state index contributed by atoms with van der Waals surface area (Å²) in [4.78, 5) is 2.84. The van der Waals surface area contributed by atoms with Gasteiger partial charge in [0.1, 0.15) is 0 Å².